The van der Waals surface area contributed by atoms with Crippen molar-refractivity contribution >= 4 is 11.0 Å². The first-order valence-electron chi connectivity index (χ1n) is 9.72. The first-order chi connectivity index (χ1) is 16.6. The van der Waals surface area contributed by atoms with Gasteiger partial charge >= 0.3 is 0 Å². The third-order valence-corrected chi connectivity index (χ3v) is 4.18. The average molecular weight is 431 g/mol. The summed E-state index contributed by atoms with van der Waals surface area (Å²) in [5.41, 5.74) is 5.14. The van der Waals surface area contributed by atoms with E-state index in [1.54, 1.807) is 18.3 Å². The van der Waals surface area contributed by atoms with Crippen molar-refractivity contribution in [3.05, 3.63) is 101 Å². The van der Waals surface area contributed by atoms with Gasteiger partial charge in [0.05, 0.1) is 16.6 Å². The molecule has 0 N–H and O–H groups in total. The summed E-state index contributed by atoms with van der Waals surface area (Å²) < 4.78 is 0. The van der Waals surface area contributed by atoms with Crippen molar-refractivity contribution < 1.29 is 0 Å². The molecule has 0 aliphatic heterocycles. The molecule has 0 fully saturated rings. The van der Waals surface area contributed by atoms with Crippen LogP contribution in [0.1, 0.15) is 33.8 Å². The van der Waals surface area contributed by atoms with E-state index in [2.05, 4.69) is 50.5 Å². The van der Waals surface area contributed by atoms with Gasteiger partial charge < -0.3 is 0 Å². The van der Waals surface area contributed by atoms with Crippen molar-refractivity contribution in [3.63, 3.8) is 0 Å². The Balaban J connectivity index is 0.000000185. The fraction of sp³-hybridized carbons (Fsp3) is 0. The van der Waals surface area contributed by atoms with E-state index in [0.29, 0.717) is 22.6 Å². The zero-order chi connectivity index (χ0) is 24.8. The van der Waals surface area contributed by atoms with Crippen LogP contribution in [0.5, 0.6) is 0 Å². The third-order valence-electron chi connectivity index (χ3n) is 4.18. The number of pyridine rings is 1. The second-order valence-corrected chi connectivity index (χ2v) is 6.22. The fourth-order valence-corrected chi connectivity index (χ4v) is 2.57. The van der Waals surface area contributed by atoms with Gasteiger partial charge in [0.1, 0.15) is 17.1 Å². The first-order valence-corrected chi connectivity index (χ1v) is 9.72. The van der Waals surface area contributed by atoms with Gasteiger partial charge in [-0.25, -0.2) is 15.0 Å². The maximum atomic E-state index is 5.27. The molecule has 0 aliphatic rings. The Kier molecular flexibility index (Phi) is 9.29. The van der Waals surface area contributed by atoms with Gasteiger partial charge in [0, 0.05) is 17.3 Å². The Morgan fingerprint density at radius 3 is 1.24 bits per heavy atom. The smallest absolute Gasteiger partial charge is 0.147 e. The number of hydrogen-bond donors (Lipinski definition) is 0. The van der Waals surface area contributed by atoms with Crippen molar-refractivity contribution in [1.82, 2.24) is 15.0 Å². The Labute approximate surface area is 200 Å². The second-order valence-electron chi connectivity index (χ2n) is 6.22. The largest absolute Gasteiger partial charge is 0.246 e. The molecular weight excluding hydrogens is 414 g/mol. The van der Waals surface area contributed by atoms with Crippen molar-refractivity contribution in [2.45, 2.75) is 0 Å². The molecular formula is C31H17N3. The lowest BCUT2D eigenvalue weighted by atomic mass is 10.1. The van der Waals surface area contributed by atoms with E-state index < -0.39 is 0 Å². The summed E-state index contributed by atoms with van der Waals surface area (Å²) in [6, 6.07) is 18.4. The highest BCUT2D eigenvalue weighted by atomic mass is 14.8. The monoisotopic (exact) mass is 431 g/mol. The van der Waals surface area contributed by atoms with E-state index in [0.717, 1.165) is 22.2 Å². The molecule has 2 aromatic carbocycles. The Hall–Kier alpha value is -5.71. The third kappa shape index (κ3) is 6.39. The quantitative estimate of drug-likeness (QED) is 0.390. The van der Waals surface area contributed by atoms with E-state index in [-0.39, 0.29) is 0 Å². The molecule has 2 heterocycles. The van der Waals surface area contributed by atoms with E-state index in [1.807, 2.05) is 48.5 Å². The number of nitrogens with zero attached hydrogens (tertiary/aromatic N) is 3. The topological polar surface area (TPSA) is 38.7 Å². The lowest BCUT2D eigenvalue weighted by Gasteiger charge is -1.99. The summed E-state index contributed by atoms with van der Waals surface area (Å²) in [5.74, 6) is 14.7. The lowest BCUT2D eigenvalue weighted by molar-refractivity contribution is 1.23. The zero-order valence-corrected chi connectivity index (χ0v) is 18.2. The van der Waals surface area contributed by atoms with Crippen molar-refractivity contribution in [1.29, 1.82) is 0 Å². The van der Waals surface area contributed by atoms with Crippen LogP contribution in [0, 0.1) is 74.1 Å². The van der Waals surface area contributed by atoms with E-state index >= 15 is 0 Å². The van der Waals surface area contributed by atoms with E-state index in [4.69, 9.17) is 38.5 Å². The van der Waals surface area contributed by atoms with Crippen LogP contribution < -0.4 is 0 Å². The summed E-state index contributed by atoms with van der Waals surface area (Å²) in [4.78, 5) is 12.3. The minimum atomic E-state index is 0.422. The van der Waals surface area contributed by atoms with Gasteiger partial charge in [-0.15, -0.1) is 38.5 Å². The molecule has 3 nitrogen and oxygen atoms in total. The van der Waals surface area contributed by atoms with Crippen LogP contribution in [0.4, 0.5) is 0 Å². The van der Waals surface area contributed by atoms with Gasteiger partial charge in [0.15, 0.2) is 0 Å². The predicted molar refractivity (Wildman–Crippen MR) is 138 cm³/mol. The highest BCUT2D eigenvalue weighted by Crippen LogP contribution is 2.11. The van der Waals surface area contributed by atoms with Gasteiger partial charge in [0.25, 0.3) is 0 Å². The van der Waals surface area contributed by atoms with Gasteiger partial charge in [-0.1, -0.05) is 42.0 Å². The molecule has 0 atom stereocenters. The van der Waals surface area contributed by atoms with Crippen LogP contribution in [0.3, 0.4) is 0 Å². The minimum absolute atomic E-state index is 0.422. The van der Waals surface area contributed by atoms with Gasteiger partial charge in [0.2, 0.25) is 0 Å². The second kappa shape index (κ2) is 12.9. The molecule has 0 amide bonds. The maximum absolute atomic E-state index is 5.27. The molecule has 0 unspecified atom stereocenters. The van der Waals surface area contributed by atoms with Crippen molar-refractivity contribution in [2.24, 2.45) is 0 Å². The molecule has 0 aliphatic carbocycles. The van der Waals surface area contributed by atoms with Gasteiger partial charge in [-0.3, -0.25) is 0 Å². The molecule has 0 saturated carbocycles. The van der Waals surface area contributed by atoms with Crippen LogP contribution in [0.2, 0.25) is 0 Å². The highest BCUT2D eigenvalue weighted by Gasteiger charge is 2.03. The van der Waals surface area contributed by atoms with Crippen LogP contribution in [-0.2, 0) is 0 Å². The lowest BCUT2D eigenvalue weighted by Crippen LogP contribution is -1.94. The molecule has 0 radical (unpaired) electrons. The number of aromatic nitrogens is 3. The molecule has 0 spiro atoms. The normalized spacial score (nSPS) is 8.41. The SMILES string of the molecule is C#Cc1ccccc1C#C.C#Cc1cccnc1C#C.C#Cc1nc2ccccc2nc1C#C. The van der Waals surface area contributed by atoms with Crippen LogP contribution >= 0.6 is 0 Å². The molecule has 0 saturated heterocycles. The summed E-state index contributed by atoms with van der Waals surface area (Å²) >= 11 is 0. The summed E-state index contributed by atoms with van der Waals surface area (Å²) in [7, 11) is 0. The number of rotatable bonds is 0. The zero-order valence-electron chi connectivity index (χ0n) is 18.2. The minimum Gasteiger partial charge on any atom is -0.246 e. The number of hydrogen-bond acceptors (Lipinski definition) is 3. The predicted octanol–water partition coefficient (Wildman–Crippen LogP) is 4.29. The van der Waals surface area contributed by atoms with Gasteiger partial charge in [-0.2, -0.15) is 0 Å². The van der Waals surface area contributed by atoms with E-state index in [1.165, 1.54) is 0 Å². The Bertz CT molecular complexity index is 1380. The summed E-state index contributed by atoms with van der Waals surface area (Å²) in [6.07, 6.45) is 32.8. The maximum Gasteiger partial charge on any atom is 0.147 e. The average Bonchev–Trinajstić information content (AvgIpc) is 2.92. The Morgan fingerprint density at radius 1 is 0.441 bits per heavy atom. The number of benzene rings is 2. The highest BCUT2D eigenvalue weighted by molar-refractivity contribution is 5.75. The molecule has 4 aromatic rings. The van der Waals surface area contributed by atoms with Crippen LogP contribution in [-0.4, -0.2) is 15.0 Å². The van der Waals surface area contributed by atoms with Crippen molar-refractivity contribution in [2.75, 3.05) is 0 Å². The number of para-hydroxylation sites is 2. The molecule has 4 rings (SSSR count). The molecule has 0 bridgehead atoms. The number of fused-ring (bicyclic) bond motifs is 1. The molecule has 3 heteroatoms. The van der Waals surface area contributed by atoms with E-state index in [9.17, 15) is 0 Å². The van der Waals surface area contributed by atoms with Crippen LogP contribution in [0.25, 0.3) is 11.0 Å². The molecule has 34 heavy (non-hydrogen) atoms. The first kappa shape index (κ1) is 24.6. The fourth-order valence-electron chi connectivity index (χ4n) is 2.57. The summed E-state index contributed by atoms with van der Waals surface area (Å²) in [6.45, 7) is 0. The molecule has 2 aromatic heterocycles. The van der Waals surface area contributed by atoms with Gasteiger partial charge in [-0.05, 0) is 54.2 Å². The standard InChI is InChI=1S/C12H6N2.C10H6.C9H5N/c1-3-9-10(4-2)14-12-8-6-5-7-11(12)13-9;1-3-9-7-5-6-8-10(9)4-2;1-3-8-6-5-7-10-9(8)4-2/h1-2,5-8H;1-2,5-8H;1-2,5-7H. The Morgan fingerprint density at radius 2 is 0.853 bits per heavy atom. The van der Waals surface area contributed by atoms with Crippen molar-refractivity contribution in [3.8, 4) is 74.1 Å². The number of terminal acetylenes is 6. The molecule has 156 valence electrons. The van der Waals surface area contributed by atoms with Crippen LogP contribution in [0.15, 0.2) is 66.9 Å². The summed E-state index contributed by atoms with van der Waals surface area (Å²) in [5, 5.41) is 0.